The lowest BCUT2D eigenvalue weighted by Gasteiger charge is -2.01. The summed E-state index contributed by atoms with van der Waals surface area (Å²) in [4.78, 5) is 1.84. The smallest absolute Gasteiger partial charge is 0.110 e. The van der Waals surface area contributed by atoms with Crippen molar-refractivity contribution in [2.45, 2.75) is 20.4 Å². The van der Waals surface area contributed by atoms with E-state index in [4.69, 9.17) is 11.0 Å². The van der Waals surface area contributed by atoms with Gasteiger partial charge in [-0.2, -0.15) is 10.4 Å². The van der Waals surface area contributed by atoms with Crippen LogP contribution in [0.2, 0.25) is 0 Å². The van der Waals surface area contributed by atoms with Gasteiger partial charge >= 0.3 is 0 Å². The number of rotatable bonds is 2. The molecule has 2 heterocycles. The second-order valence-corrected chi connectivity index (χ2v) is 4.79. The molecule has 2 aromatic heterocycles. The number of hydrogen-bond donors (Lipinski definition) is 1. The first kappa shape index (κ1) is 10.7. The van der Waals surface area contributed by atoms with Crippen molar-refractivity contribution in [2.24, 2.45) is 0 Å². The summed E-state index contributed by atoms with van der Waals surface area (Å²) >= 11 is 1.49. The van der Waals surface area contributed by atoms with Crippen LogP contribution in [0.15, 0.2) is 12.1 Å². The lowest BCUT2D eigenvalue weighted by molar-refractivity contribution is 0.666. The van der Waals surface area contributed by atoms with Crippen LogP contribution < -0.4 is 5.73 Å². The van der Waals surface area contributed by atoms with Gasteiger partial charge in [-0.1, -0.05) is 0 Å². The maximum Gasteiger partial charge on any atom is 0.110 e. The van der Waals surface area contributed by atoms with Gasteiger partial charge in [0.05, 0.1) is 23.6 Å². The first-order chi connectivity index (χ1) is 7.61. The predicted octanol–water partition coefficient (Wildman–Crippen LogP) is 2.06. The summed E-state index contributed by atoms with van der Waals surface area (Å²) in [5.74, 6) is 0. The van der Waals surface area contributed by atoms with Gasteiger partial charge < -0.3 is 5.73 Å². The molecule has 2 aromatic rings. The fraction of sp³-hybridized carbons (Fsp3) is 0.273. The Kier molecular flexibility index (Phi) is 2.67. The van der Waals surface area contributed by atoms with Gasteiger partial charge in [0.15, 0.2) is 0 Å². The second-order valence-electron chi connectivity index (χ2n) is 3.62. The van der Waals surface area contributed by atoms with E-state index >= 15 is 0 Å². The van der Waals surface area contributed by atoms with Gasteiger partial charge in [0.1, 0.15) is 10.9 Å². The van der Waals surface area contributed by atoms with Crippen LogP contribution in [0.1, 0.15) is 21.1 Å². The molecule has 5 heteroatoms. The molecule has 0 fully saturated rings. The molecule has 0 atom stereocenters. The van der Waals surface area contributed by atoms with E-state index in [0.29, 0.717) is 6.54 Å². The predicted molar refractivity (Wildman–Crippen MR) is 64.2 cm³/mol. The molecule has 4 nitrogen and oxygen atoms in total. The topological polar surface area (TPSA) is 67.6 Å². The van der Waals surface area contributed by atoms with Crippen molar-refractivity contribution in [2.75, 3.05) is 5.73 Å². The van der Waals surface area contributed by atoms with Crippen molar-refractivity contribution in [3.05, 3.63) is 33.3 Å². The normalized spacial score (nSPS) is 10.3. The fourth-order valence-electron chi connectivity index (χ4n) is 1.54. The zero-order chi connectivity index (χ0) is 11.7. The molecule has 0 aromatic carbocycles. The SMILES string of the molecule is Cc1nn(Cc2ccc(C#N)s2)c(C)c1N. The highest BCUT2D eigenvalue weighted by atomic mass is 32.1. The maximum absolute atomic E-state index is 8.74. The van der Waals surface area contributed by atoms with E-state index in [1.54, 1.807) is 0 Å². The quantitative estimate of drug-likeness (QED) is 0.861. The maximum atomic E-state index is 8.74. The standard InChI is InChI=1S/C11H12N4S/c1-7-11(13)8(2)15(14-7)6-10-4-3-9(5-12)16-10/h3-4H,6,13H2,1-2H3. The zero-order valence-electron chi connectivity index (χ0n) is 9.19. The van der Waals surface area contributed by atoms with E-state index in [1.165, 1.54) is 11.3 Å². The number of hydrogen-bond acceptors (Lipinski definition) is 4. The molecule has 0 radical (unpaired) electrons. The molecule has 0 bridgehead atoms. The van der Waals surface area contributed by atoms with Crippen molar-refractivity contribution in [3.8, 4) is 6.07 Å². The molecular weight excluding hydrogens is 220 g/mol. The minimum absolute atomic E-state index is 0.677. The van der Waals surface area contributed by atoms with E-state index in [2.05, 4.69) is 11.2 Å². The minimum atomic E-state index is 0.677. The number of nitrogens with zero attached hydrogens (tertiary/aromatic N) is 3. The summed E-state index contributed by atoms with van der Waals surface area (Å²) in [5.41, 5.74) is 8.44. The van der Waals surface area contributed by atoms with Crippen LogP contribution in [0.4, 0.5) is 5.69 Å². The molecule has 0 spiro atoms. The van der Waals surface area contributed by atoms with Crippen LogP contribution in [-0.4, -0.2) is 9.78 Å². The van der Waals surface area contributed by atoms with Crippen LogP contribution in [-0.2, 0) is 6.54 Å². The fourth-order valence-corrected chi connectivity index (χ4v) is 2.32. The number of aromatic nitrogens is 2. The van der Waals surface area contributed by atoms with Crippen LogP contribution in [0.25, 0.3) is 0 Å². The van der Waals surface area contributed by atoms with E-state index in [0.717, 1.165) is 26.8 Å². The summed E-state index contributed by atoms with van der Waals surface area (Å²) in [6.07, 6.45) is 0. The molecule has 0 saturated carbocycles. The molecule has 0 saturated heterocycles. The average Bonchev–Trinajstić information content (AvgIpc) is 2.81. The van der Waals surface area contributed by atoms with Crippen LogP contribution in [0.3, 0.4) is 0 Å². The van der Waals surface area contributed by atoms with Crippen molar-refractivity contribution in [3.63, 3.8) is 0 Å². The lowest BCUT2D eigenvalue weighted by Crippen LogP contribution is -2.02. The molecular formula is C11H12N4S. The van der Waals surface area contributed by atoms with Crippen molar-refractivity contribution >= 4 is 17.0 Å². The zero-order valence-corrected chi connectivity index (χ0v) is 10.0. The van der Waals surface area contributed by atoms with Gasteiger partial charge in [-0.3, -0.25) is 4.68 Å². The van der Waals surface area contributed by atoms with E-state index in [9.17, 15) is 0 Å². The minimum Gasteiger partial charge on any atom is -0.396 e. The van der Waals surface area contributed by atoms with Crippen molar-refractivity contribution in [1.29, 1.82) is 5.26 Å². The van der Waals surface area contributed by atoms with Gasteiger partial charge in [0, 0.05) is 4.88 Å². The molecule has 2 N–H and O–H groups in total. The summed E-state index contributed by atoms with van der Waals surface area (Å²) in [7, 11) is 0. The second kappa shape index (κ2) is 3.99. The monoisotopic (exact) mass is 232 g/mol. The highest BCUT2D eigenvalue weighted by Crippen LogP contribution is 2.20. The number of aryl methyl sites for hydroxylation is 1. The number of nitrogens with two attached hydrogens (primary N) is 1. The third-order valence-electron chi connectivity index (χ3n) is 2.51. The highest BCUT2D eigenvalue weighted by Gasteiger charge is 2.09. The summed E-state index contributed by atoms with van der Waals surface area (Å²) in [6, 6.07) is 5.91. The Hall–Kier alpha value is -1.80. The average molecular weight is 232 g/mol. The van der Waals surface area contributed by atoms with E-state index in [-0.39, 0.29) is 0 Å². The highest BCUT2D eigenvalue weighted by molar-refractivity contribution is 7.12. The number of anilines is 1. The van der Waals surface area contributed by atoms with Gasteiger partial charge in [0.25, 0.3) is 0 Å². The summed E-state index contributed by atoms with van der Waals surface area (Å²) in [5, 5.41) is 13.1. The van der Waals surface area contributed by atoms with Gasteiger partial charge in [-0.05, 0) is 26.0 Å². The molecule has 0 unspecified atom stereocenters. The number of thiophene rings is 1. The van der Waals surface area contributed by atoms with Crippen molar-refractivity contribution < 1.29 is 0 Å². The van der Waals surface area contributed by atoms with Gasteiger partial charge in [-0.15, -0.1) is 11.3 Å². The van der Waals surface area contributed by atoms with Gasteiger partial charge in [-0.25, -0.2) is 0 Å². The van der Waals surface area contributed by atoms with Crippen molar-refractivity contribution in [1.82, 2.24) is 9.78 Å². The summed E-state index contributed by atoms with van der Waals surface area (Å²) in [6.45, 7) is 4.53. The van der Waals surface area contributed by atoms with E-state index < -0.39 is 0 Å². The Morgan fingerprint density at radius 1 is 1.50 bits per heavy atom. The molecule has 16 heavy (non-hydrogen) atoms. The molecule has 0 aliphatic rings. The molecule has 0 amide bonds. The lowest BCUT2D eigenvalue weighted by atomic mass is 10.3. The van der Waals surface area contributed by atoms with Crippen LogP contribution >= 0.6 is 11.3 Å². The Balaban J connectivity index is 2.27. The van der Waals surface area contributed by atoms with E-state index in [1.807, 2.05) is 30.7 Å². The molecule has 0 aliphatic carbocycles. The van der Waals surface area contributed by atoms with Crippen LogP contribution in [0.5, 0.6) is 0 Å². The molecule has 0 aliphatic heterocycles. The largest absolute Gasteiger partial charge is 0.396 e. The van der Waals surface area contributed by atoms with Crippen LogP contribution in [0, 0.1) is 25.2 Å². The number of nitrogen functional groups attached to an aromatic ring is 1. The first-order valence-electron chi connectivity index (χ1n) is 4.90. The Bertz CT molecular complexity index is 559. The Morgan fingerprint density at radius 3 is 2.75 bits per heavy atom. The first-order valence-corrected chi connectivity index (χ1v) is 5.71. The Labute approximate surface area is 97.9 Å². The summed E-state index contributed by atoms with van der Waals surface area (Å²) < 4.78 is 1.87. The molecule has 2 rings (SSSR count). The third-order valence-corrected chi connectivity index (χ3v) is 3.49. The molecule has 82 valence electrons. The Morgan fingerprint density at radius 2 is 2.25 bits per heavy atom. The number of nitriles is 1. The third kappa shape index (κ3) is 1.79. The van der Waals surface area contributed by atoms with Gasteiger partial charge in [0.2, 0.25) is 0 Å².